The van der Waals surface area contributed by atoms with E-state index in [4.69, 9.17) is 0 Å². The summed E-state index contributed by atoms with van der Waals surface area (Å²) in [7, 11) is 0. The molecule has 2 N–H and O–H groups in total. The second-order valence-corrected chi connectivity index (χ2v) is 14.0. The van der Waals surface area contributed by atoms with Crippen LogP contribution in [0.25, 0.3) is 0 Å². The zero-order chi connectivity index (χ0) is 26.1. The summed E-state index contributed by atoms with van der Waals surface area (Å²) >= 11 is 0. The first-order valence-corrected chi connectivity index (χ1v) is 14.0. The SMILES string of the molecule is C=C(CC[C@@H](C(=O)O)[C@H]1[C@H](O)C[C@@]2(C)C3=C(CC[C@]12C)[C@@]1(C)CCC(=O)C(C)(C)[C@@H]1CC3)C(C)C. The van der Waals surface area contributed by atoms with Gasteiger partial charge in [0.2, 0.25) is 0 Å². The number of carboxylic acids is 1. The van der Waals surface area contributed by atoms with E-state index in [1.165, 1.54) is 5.57 Å². The van der Waals surface area contributed by atoms with E-state index in [2.05, 4.69) is 55.0 Å². The molecule has 2 saturated carbocycles. The highest BCUT2D eigenvalue weighted by atomic mass is 16.4. The van der Waals surface area contributed by atoms with Gasteiger partial charge in [0.05, 0.1) is 12.0 Å². The van der Waals surface area contributed by atoms with Gasteiger partial charge in [-0.25, -0.2) is 0 Å². The number of carbonyl (C=O) groups is 2. The molecule has 4 aliphatic carbocycles. The summed E-state index contributed by atoms with van der Waals surface area (Å²) < 4.78 is 0. The summed E-state index contributed by atoms with van der Waals surface area (Å²) in [6.45, 7) is 19.7. The zero-order valence-corrected chi connectivity index (χ0v) is 23.2. The number of fused-ring (bicyclic) bond motifs is 4. The molecule has 0 unspecified atom stereocenters. The van der Waals surface area contributed by atoms with E-state index < -0.39 is 18.0 Å². The van der Waals surface area contributed by atoms with E-state index in [0.717, 1.165) is 37.7 Å². The molecule has 0 aromatic rings. The van der Waals surface area contributed by atoms with Gasteiger partial charge in [0.15, 0.2) is 0 Å². The second kappa shape index (κ2) is 8.57. The van der Waals surface area contributed by atoms with Crippen LogP contribution in [-0.4, -0.2) is 28.1 Å². The summed E-state index contributed by atoms with van der Waals surface area (Å²) in [5.74, 6) is -0.497. The van der Waals surface area contributed by atoms with Gasteiger partial charge in [-0.05, 0) is 79.4 Å². The third-order valence-electron chi connectivity index (χ3n) is 11.9. The number of hydrogen-bond donors (Lipinski definition) is 2. The number of aliphatic carboxylic acids is 1. The summed E-state index contributed by atoms with van der Waals surface area (Å²) in [4.78, 5) is 25.4. The molecule has 0 aromatic carbocycles. The smallest absolute Gasteiger partial charge is 0.306 e. The van der Waals surface area contributed by atoms with Crippen LogP contribution in [0.3, 0.4) is 0 Å². The Kier molecular flexibility index (Phi) is 6.52. The van der Waals surface area contributed by atoms with Gasteiger partial charge in [-0.3, -0.25) is 9.59 Å². The summed E-state index contributed by atoms with van der Waals surface area (Å²) in [5, 5.41) is 21.8. The fourth-order valence-electron chi connectivity index (χ4n) is 9.39. The molecule has 0 aromatic heterocycles. The van der Waals surface area contributed by atoms with Crippen molar-refractivity contribution in [1.82, 2.24) is 0 Å². The van der Waals surface area contributed by atoms with Gasteiger partial charge in [-0.2, -0.15) is 0 Å². The maximum Gasteiger partial charge on any atom is 0.306 e. The Balaban J connectivity index is 1.72. The lowest BCUT2D eigenvalue weighted by Gasteiger charge is -2.60. The maximum absolute atomic E-state index is 12.8. The third kappa shape index (κ3) is 3.71. The largest absolute Gasteiger partial charge is 0.481 e. The Morgan fingerprint density at radius 3 is 2.31 bits per heavy atom. The van der Waals surface area contributed by atoms with Crippen molar-refractivity contribution < 1.29 is 19.8 Å². The van der Waals surface area contributed by atoms with E-state index in [1.807, 2.05) is 0 Å². The molecule has 0 amide bonds. The average molecular weight is 485 g/mol. The van der Waals surface area contributed by atoms with Crippen LogP contribution in [0, 0.1) is 45.3 Å². The normalized spacial score (nSPS) is 41.3. The molecule has 4 heteroatoms. The molecule has 2 fully saturated rings. The molecule has 7 atom stereocenters. The van der Waals surface area contributed by atoms with Crippen LogP contribution in [0.5, 0.6) is 0 Å². The van der Waals surface area contributed by atoms with Gasteiger partial charge >= 0.3 is 5.97 Å². The van der Waals surface area contributed by atoms with E-state index in [1.54, 1.807) is 5.57 Å². The predicted octanol–water partition coefficient (Wildman–Crippen LogP) is 6.97. The Bertz CT molecular complexity index is 957. The lowest BCUT2D eigenvalue weighted by atomic mass is 9.43. The van der Waals surface area contributed by atoms with Crippen molar-refractivity contribution in [2.45, 2.75) is 112 Å². The van der Waals surface area contributed by atoms with E-state index in [9.17, 15) is 19.8 Å². The van der Waals surface area contributed by atoms with Gasteiger partial charge in [0.1, 0.15) is 5.78 Å². The number of carbonyl (C=O) groups excluding carboxylic acids is 1. The number of aliphatic hydroxyl groups excluding tert-OH is 1. The minimum Gasteiger partial charge on any atom is -0.481 e. The van der Waals surface area contributed by atoms with Crippen LogP contribution < -0.4 is 0 Å². The molecule has 196 valence electrons. The highest BCUT2D eigenvalue weighted by molar-refractivity contribution is 5.85. The second-order valence-electron chi connectivity index (χ2n) is 14.0. The fourth-order valence-corrected chi connectivity index (χ4v) is 9.39. The minimum absolute atomic E-state index is 0.0274. The Morgan fingerprint density at radius 2 is 1.71 bits per heavy atom. The molecule has 0 spiro atoms. The first kappa shape index (κ1) is 26.6. The molecule has 4 nitrogen and oxygen atoms in total. The van der Waals surface area contributed by atoms with E-state index >= 15 is 0 Å². The monoisotopic (exact) mass is 484 g/mol. The highest BCUT2D eigenvalue weighted by Gasteiger charge is 2.66. The molecular weight excluding hydrogens is 436 g/mol. The van der Waals surface area contributed by atoms with E-state index in [0.29, 0.717) is 43.3 Å². The molecule has 35 heavy (non-hydrogen) atoms. The number of rotatable bonds is 6. The molecule has 4 rings (SSSR count). The van der Waals surface area contributed by atoms with Gasteiger partial charge in [0, 0.05) is 17.8 Å². The predicted molar refractivity (Wildman–Crippen MR) is 140 cm³/mol. The van der Waals surface area contributed by atoms with Gasteiger partial charge in [0.25, 0.3) is 0 Å². The van der Waals surface area contributed by atoms with Crippen molar-refractivity contribution in [3.8, 4) is 0 Å². The highest BCUT2D eigenvalue weighted by Crippen LogP contribution is 2.72. The summed E-state index contributed by atoms with van der Waals surface area (Å²) in [6.07, 6.45) is 6.71. The van der Waals surface area contributed by atoms with Crippen LogP contribution in [-0.2, 0) is 9.59 Å². The van der Waals surface area contributed by atoms with Crippen LogP contribution in [0.4, 0.5) is 0 Å². The molecule has 0 bridgehead atoms. The van der Waals surface area contributed by atoms with E-state index in [-0.39, 0.29) is 27.6 Å². The van der Waals surface area contributed by atoms with Crippen molar-refractivity contribution >= 4 is 11.8 Å². The standard InChI is InChI=1S/C31H48O4/c1-18(2)19(3)9-10-20(27(34)35)26-23(32)17-31(8)22-11-12-24-28(4,5)25(33)14-15-29(24,6)21(22)13-16-30(26,31)7/h18,20,23-24,26,32H,3,9-17H2,1-2,4-8H3,(H,34,35)/t20-,23-,24+,26+,29-,30-,31+/m1/s1. The zero-order valence-electron chi connectivity index (χ0n) is 23.2. The first-order valence-electron chi connectivity index (χ1n) is 14.0. The number of allylic oxidation sites excluding steroid dienone is 3. The molecule has 0 saturated heterocycles. The van der Waals surface area contributed by atoms with Gasteiger partial charge < -0.3 is 10.2 Å². The Hall–Kier alpha value is -1.42. The molecule has 0 aliphatic heterocycles. The number of aliphatic hydroxyl groups is 1. The van der Waals surface area contributed by atoms with Crippen molar-refractivity contribution in [3.05, 3.63) is 23.3 Å². The average Bonchev–Trinajstić information content (AvgIpc) is 2.97. The topological polar surface area (TPSA) is 74.6 Å². The van der Waals surface area contributed by atoms with Crippen molar-refractivity contribution in [2.24, 2.45) is 45.3 Å². The number of hydrogen-bond acceptors (Lipinski definition) is 3. The Labute approximate surface area is 212 Å². The number of ketones is 1. The number of carboxylic acid groups (broad SMARTS) is 1. The van der Waals surface area contributed by atoms with Gasteiger partial charge in [-0.15, -0.1) is 0 Å². The molecule has 4 aliphatic rings. The lowest BCUT2D eigenvalue weighted by molar-refractivity contribution is -0.149. The van der Waals surface area contributed by atoms with Crippen LogP contribution in [0.2, 0.25) is 0 Å². The molecule has 0 heterocycles. The molecular formula is C31H48O4. The van der Waals surface area contributed by atoms with Crippen molar-refractivity contribution in [3.63, 3.8) is 0 Å². The van der Waals surface area contributed by atoms with Gasteiger partial charge in [-0.1, -0.05) is 71.8 Å². The summed E-state index contributed by atoms with van der Waals surface area (Å²) in [6, 6.07) is 0. The van der Waals surface area contributed by atoms with Crippen LogP contribution >= 0.6 is 0 Å². The van der Waals surface area contributed by atoms with Crippen LogP contribution in [0.1, 0.15) is 106 Å². The number of Topliss-reactive ketones (excluding diaryl/α,β-unsaturated/α-hetero) is 1. The Morgan fingerprint density at radius 1 is 1.06 bits per heavy atom. The minimum atomic E-state index is -0.779. The lowest BCUT2D eigenvalue weighted by Crippen LogP contribution is -2.54. The quantitative estimate of drug-likeness (QED) is 0.399. The van der Waals surface area contributed by atoms with Crippen molar-refractivity contribution in [1.29, 1.82) is 0 Å². The third-order valence-corrected chi connectivity index (χ3v) is 11.9. The maximum atomic E-state index is 12.8. The summed E-state index contributed by atoms with van der Waals surface area (Å²) in [5.41, 5.74) is 3.40. The first-order chi connectivity index (χ1) is 16.1. The van der Waals surface area contributed by atoms with Crippen molar-refractivity contribution in [2.75, 3.05) is 0 Å². The molecule has 0 radical (unpaired) electrons. The van der Waals surface area contributed by atoms with Crippen LogP contribution in [0.15, 0.2) is 23.3 Å². The fraction of sp³-hybridized carbons (Fsp3) is 0.806.